The SMILES string of the molecule is Cc1nn(CC(=O)NCCCn2cc(Cl)cn2)cc1Cl. The number of amides is 1. The lowest BCUT2D eigenvalue weighted by Gasteiger charge is -2.05. The molecule has 6 nitrogen and oxygen atoms in total. The third-order valence-corrected chi connectivity index (χ3v) is 3.25. The van der Waals surface area contributed by atoms with Crippen LogP contribution in [0.5, 0.6) is 0 Å². The number of hydrogen-bond donors (Lipinski definition) is 1. The van der Waals surface area contributed by atoms with E-state index in [0.29, 0.717) is 23.1 Å². The van der Waals surface area contributed by atoms with E-state index in [1.807, 2.05) is 0 Å². The lowest BCUT2D eigenvalue weighted by Crippen LogP contribution is -2.29. The highest BCUT2D eigenvalue weighted by Crippen LogP contribution is 2.11. The van der Waals surface area contributed by atoms with Crippen LogP contribution < -0.4 is 5.32 Å². The van der Waals surface area contributed by atoms with E-state index in [0.717, 1.165) is 12.1 Å². The molecule has 0 bridgehead atoms. The lowest BCUT2D eigenvalue weighted by atomic mass is 10.4. The van der Waals surface area contributed by atoms with Crippen molar-refractivity contribution in [1.29, 1.82) is 0 Å². The van der Waals surface area contributed by atoms with Crippen LogP contribution in [0.1, 0.15) is 12.1 Å². The van der Waals surface area contributed by atoms with Crippen LogP contribution in [0.2, 0.25) is 10.0 Å². The van der Waals surface area contributed by atoms with Gasteiger partial charge >= 0.3 is 0 Å². The summed E-state index contributed by atoms with van der Waals surface area (Å²) in [5, 5.41) is 12.2. The molecular formula is C12H15Cl2N5O. The van der Waals surface area contributed by atoms with Crippen LogP contribution >= 0.6 is 23.2 Å². The molecule has 108 valence electrons. The minimum absolute atomic E-state index is 0.0948. The molecule has 0 saturated heterocycles. The van der Waals surface area contributed by atoms with Crippen LogP contribution in [0, 0.1) is 6.92 Å². The number of rotatable bonds is 6. The predicted octanol–water partition coefficient (Wildman–Crippen LogP) is 1.90. The highest BCUT2D eigenvalue weighted by atomic mass is 35.5. The number of halogens is 2. The molecule has 1 amide bonds. The summed E-state index contributed by atoms with van der Waals surface area (Å²) < 4.78 is 3.27. The first-order chi connectivity index (χ1) is 9.54. The first-order valence-corrected chi connectivity index (χ1v) is 6.94. The zero-order chi connectivity index (χ0) is 14.5. The van der Waals surface area contributed by atoms with Crippen molar-refractivity contribution in [1.82, 2.24) is 24.9 Å². The average Bonchev–Trinajstić information content (AvgIpc) is 2.92. The molecule has 0 radical (unpaired) electrons. The number of nitrogens with one attached hydrogen (secondary N) is 1. The standard InChI is InChI=1S/C12H15Cl2N5O/c1-9-11(14)7-19(17-9)8-12(20)15-3-2-4-18-6-10(13)5-16-18/h5-7H,2-4,8H2,1H3,(H,15,20). The van der Waals surface area contributed by atoms with E-state index < -0.39 is 0 Å². The Morgan fingerprint density at radius 3 is 2.75 bits per heavy atom. The number of aryl methyl sites for hydroxylation is 2. The maximum atomic E-state index is 11.7. The van der Waals surface area contributed by atoms with Crippen LogP contribution in [0.4, 0.5) is 0 Å². The summed E-state index contributed by atoms with van der Waals surface area (Å²) in [5.74, 6) is -0.0948. The molecule has 0 aromatic carbocycles. The Morgan fingerprint density at radius 2 is 2.15 bits per heavy atom. The maximum Gasteiger partial charge on any atom is 0.241 e. The number of nitrogens with zero attached hydrogens (tertiary/aromatic N) is 4. The summed E-state index contributed by atoms with van der Waals surface area (Å²) in [4.78, 5) is 11.7. The maximum absolute atomic E-state index is 11.7. The summed E-state index contributed by atoms with van der Waals surface area (Å²) in [7, 11) is 0. The number of carbonyl (C=O) groups excluding carboxylic acids is 1. The smallest absolute Gasteiger partial charge is 0.241 e. The molecule has 8 heteroatoms. The van der Waals surface area contributed by atoms with Crippen LogP contribution in [0.25, 0.3) is 0 Å². The molecule has 0 spiro atoms. The molecule has 2 aromatic rings. The molecule has 2 rings (SSSR count). The van der Waals surface area contributed by atoms with Crippen LogP contribution in [-0.2, 0) is 17.9 Å². The molecule has 0 unspecified atom stereocenters. The quantitative estimate of drug-likeness (QED) is 0.828. The van der Waals surface area contributed by atoms with Gasteiger partial charge in [0, 0.05) is 25.5 Å². The second-order valence-electron chi connectivity index (χ2n) is 4.39. The number of aromatic nitrogens is 4. The van der Waals surface area contributed by atoms with Crippen LogP contribution in [0.3, 0.4) is 0 Å². The molecule has 0 aliphatic rings. The molecular weight excluding hydrogens is 301 g/mol. The molecule has 0 aliphatic heterocycles. The summed E-state index contributed by atoms with van der Waals surface area (Å²) in [6, 6.07) is 0. The van der Waals surface area contributed by atoms with E-state index in [1.165, 1.54) is 4.68 Å². The van der Waals surface area contributed by atoms with Gasteiger partial charge < -0.3 is 5.32 Å². The van der Waals surface area contributed by atoms with Crippen LogP contribution in [0.15, 0.2) is 18.6 Å². The molecule has 0 saturated carbocycles. The van der Waals surface area contributed by atoms with Crippen molar-refractivity contribution in [2.24, 2.45) is 0 Å². The van der Waals surface area contributed by atoms with Crippen molar-refractivity contribution in [3.05, 3.63) is 34.3 Å². The zero-order valence-electron chi connectivity index (χ0n) is 11.0. The molecule has 0 fully saturated rings. The van der Waals surface area contributed by atoms with Crippen molar-refractivity contribution >= 4 is 29.1 Å². The van der Waals surface area contributed by atoms with Gasteiger partial charge in [0.1, 0.15) is 6.54 Å². The second kappa shape index (κ2) is 6.76. The summed E-state index contributed by atoms with van der Waals surface area (Å²) in [6.07, 6.45) is 5.76. The van der Waals surface area contributed by atoms with Crippen molar-refractivity contribution in [3.63, 3.8) is 0 Å². The highest BCUT2D eigenvalue weighted by Gasteiger charge is 2.06. The Hall–Kier alpha value is -1.53. The van der Waals surface area contributed by atoms with E-state index in [2.05, 4.69) is 15.5 Å². The fourth-order valence-electron chi connectivity index (χ4n) is 1.71. The first-order valence-electron chi connectivity index (χ1n) is 6.19. The molecule has 2 aromatic heterocycles. The highest BCUT2D eigenvalue weighted by molar-refractivity contribution is 6.31. The summed E-state index contributed by atoms with van der Waals surface area (Å²) >= 11 is 11.6. The van der Waals surface area contributed by atoms with Gasteiger partial charge in [-0.25, -0.2) is 0 Å². The minimum atomic E-state index is -0.0948. The van der Waals surface area contributed by atoms with Gasteiger partial charge in [-0.2, -0.15) is 10.2 Å². The number of carbonyl (C=O) groups is 1. The van der Waals surface area contributed by atoms with E-state index in [1.54, 1.807) is 30.2 Å². The van der Waals surface area contributed by atoms with Gasteiger partial charge in [-0.15, -0.1) is 0 Å². The van der Waals surface area contributed by atoms with E-state index in [9.17, 15) is 4.79 Å². The topological polar surface area (TPSA) is 64.7 Å². The monoisotopic (exact) mass is 315 g/mol. The number of hydrogen-bond acceptors (Lipinski definition) is 3. The molecule has 1 N–H and O–H groups in total. The molecule has 2 heterocycles. The van der Waals surface area contributed by atoms with E-state index in [-0.39, 0.29) is 12.5 Å². The van der Waals surface area contributed by atoms with E-state index >= 15 is 0 Å². The van der Waals surface area contributed by atoms with Crippen LogP contribution in [-0.4, -0.2) is 32.0 Å². The largest absolute Gasteiger partial charge is 0.354 e. The van der Waals surface area contributed by atoms with Gasteiger partial charge in [-0.1, -0.05) is 23.2 Å². The van der Waals surface area contributed by atoms with Gasteiger partial charge in [0.15, 0.2) is 0 Å². The first kappa shape index (κ1) is 14.9. The Kier molecular flexibility index (Phi) is 5.03. The van der Waals surface area contributed by atoms with Crippen molar-refractivity contribution in [2.45, 2.75) is 26.4 Å². The Labute approximate surface area is 126 Å². The van der Waals surface area contributed by atoms with Gasteiger partial charge in [0.05, 0.1) is 21.9 Å². The normalized spacial score (nSPS) is 10.8. The van der Waals surface area contributed by atoms with Gasteiger partial charge in [-0.05, 0) is 13.3 Å². The van der Waals surface area contributed by atoms with Crippen molar-refractivity contribution < 1.29 is 4.79 Å². The second-order valence-corrected chi connectivity index (χ2v) is 5.23. The summed E-state index contributed by atoms with van der Waals surface area (Å²) in [5.41, 5.74) is 0.718. The third-order valence-electron chi connectivity index (χ3n) is 2.68. The molecule has 20 heavy (non-hydrogen) atoms. The third kappa shape index (κ3) is 4.25. The Morgan fingerprint density at radius 1 is 1.35 bits per heavy atom. The average molecular weight is 316 g/mol. The fraction of sp³-hybridized carbons (Fsp3) is 0.417. The van der Waals surface area contributed by atoms with Crippen molar-refractivity contribution in [3.8, 4) is 0 Å². The predicted molar refractivity (Wildman–Crippen MR) is 76.8 cm³/mol. The minimum Gasteiger partial charge on any atom is -0.354 e. The van der Waals surface area contributed by atoms with Gasteiger partial charge in [-0.3, -0.25) is 14.2 Å². The Bertz CT molecular complexity index is 573. The Balaban J connectivity index is 1.67. The van der Waals surface area contributed by atoms with E-state index in [4.69, 9.17) is 23.2 Å². The lowest BCUT2D eigenvalue weighted by molar-refractivity contribution is -0.121. The van der Waals surface area contributed by atoms with Gasteiger partial charge in [0.25, 0.3) is 0 Å². The zero-order valence-corrected chi connectivity index (χ0v) is 12.5. The molecule has 0 aliphatic carbocycles. The molecule has 0 atom stereocenters. The fourth-order valence-corrected chi connectivity index (χ4v) is 2.01. The summed E-state index contributed by atoms with van der Waals surface area (Å²) in [6.45, 7) is 3.25. The van der Waals surface area contributed by atoms with Crippen molar-refractivity contribution in [2.75, 3.05) is 6.54 Å². The van der Waals surface area contributed by atoms with Gasteiger partial charge in [0.2, 0.25) is 5.91 Å².